The van der Waals surface area contributed by atoms with Crippen LogP contribution in [0.5, 0.6) is 0 Å². The Kier molecular flexibility index (Phi) is 3.23. The molecule has 0 atom stereocenters. The van der Waals surface area contributed by atoms with Crippen molar-refractivity contribution in [3.05, 3.63) is 24.0 Å². The first-order valence-corrected chi connectivity index (χ1v) is 7.46. The van der Waals surface area contributed by atoms with E-state index >= 15 is 0 Å². The number of carbonyl (C=O) groups is 1. The second-order valence-electron chi connectivity index (χ2n) is 4.68. The number of nitrogens with one attached hydrogen (secondary N) is 2. The van der Waals surface area contributed by atoms with Gasteiger partial charge in [-0.3, -0.25) is 9.52 Å². The monoisotopic (exact) mass is 287 g/mol. The summed E-state index contributed by atoms with van der Waals surface area (Å²) in [7, 11) is -3.59. The minimum atomic E-state index is -3.59. The molecule has 1 saturated carbocycles. The van der Waals surface area contributed by atoms with Crippen molar-refractivity contribution in [3.8, 4) is 0 Å². The van der Waals surface area contributed by atoms with Gasteiger partial charge in [0.05, 0.1) is 17.5 Å². The van der Waals surface area contributed by atoms with E-state index in [2.05, 4.69) is 5.32 Å². The van der Waals surface area contributed by atoms with Crippen LogP contribution < -0.4 is 15.8 Å². The van der Waals surface area contributed by atoms with Crippen LogP contribution in [-0.2, 0) is 14.8 Å². The molecular weight excluding hydrogens is 273 g/mol. The Morgan fingerprint density at radius 3 is 2.58 bits per heavy atom. The van der Waals surface area contributed by atoms with E-state index in [1.54, 1.807) is 0 Å². The Bertz CT molecular complexity index is 626. The van der Waals surface area contributed by atoms with Crippen molar-refractivity contribution in [3.63, 3.8) is 0 Å². The molecule has 0 saturated heterocycles. The predicted octanol–water partition coefficient (Wildman–Crippen LogP) is 0.627. The van der Waals surface area contributed by atoms with Crippen LogP contribution in [-0.4, -0.2) is 26.1 Å². The number of carbonyl (C=O) groups excluding carboxylic acids is 1. The van der Waals surface area contributed by atoms with Crippen LogP contribution in [0.15, 0.2) is 18.2 Å². The Morgan fingerprint density at radius 2 is 2.05 bits per heavy atom. The largest absolute Gasteiger partial charge is 0.324 e. The number of sulfonamides is 1. The van der Waals surface area contributed by atoms with Crippen LogP contribution in [0.1, 0.15) is 12.8 Å². The Labute approximate surface area is 110 Å². The molecule has 1 aromatic rings. The number of hydrogen-bond acceptors (Lipinski definition) is 4. The molecule has 6 nitrogen and oxygen atoms in total. The summed E-state index contributed by atoms with van der Waals surface area (Å²) in [5.74, 6) is -1.08. The first kappa shape index (κ1) is 13.8. The van der Waals surface area contributed by atoms with Crippen molar-refractivity contribution < 1.29 is 17.6 Å². The van der Waals surface area contributed by atoms with Crippen LogP contribution >= 0.6 is 0 Å². The Hall–Kier alpha value is -1.67. The molecule has 8 heteroatoms. The molecule has 1 aliphatic rings. The maximum atomic E-state index is 13.4. The van der Waals surface area contributed by atoms with Crippen molar-refractivity contribution in [2.24, 2.45) is 5.73 Å². The minimum absolute atomic E-state index is 0.220. The lowest BCUT2D eigenvalue weighted by Gasteiger charge is -2.12. The summed E-state index contributed by atoms with van der Waals surface area (Å²) in [5.41, 5.74) is 4.93. The number of benzene rings is 1. The number of hydrogen-bond donors (Lipinski definition) is 3. The van der Waals surface area contributed by atoms with Crippen LogP contribution in [0.4, 0.5) is 15.8 Å². The van der Waals surface area contributed by atoms with Gasteiger partial charge in [-0.1, -0.05) is 0 Å². The van der Waals surface area contributed by atoms with E-state index in [0.29, 0.717) is 12.8 Å². The van der Waals surface area contributed by atoms with Gasteiger partial charge in [-0.15, -0.1) is 0 Å². The molecule has 19 heavy (non-hydrogen) atoms. The third-order valence-corrected chi connectivity index (χ3v) is 3.35. The third-order valence-electron chi connectivity index (χ3n) is 2.76. The van der Waals surface area contributed by atoms with Crippen LogP contribution in [0.2, 0.25) is 0 Å². The molecule has 1 aromatic carbocycles. The fraction of sp³-hybridized carbons (Fsp3) is 0.364. The number of anilines is 2. The zero-order chi connectivity index (χ0) is 14.3. The van der Waals surface area contributed by atoms with E-state index < -0.39 is 21.4 Å². The summed E-state index contributed by atoms with van der Waals surface area (Å²) < 4.78 is 37.6. The quantitative estimate of drug-likeness (QED) is 0.755. The average molecular weight is 287 g/mol. The number of rotatable bonds is 4. The van der Waals surface area contributed by atoms with Gasteiger partial charge in [0.2, 0.25) is 15.9 Å². The van der Waals surface area contributed by atoms with Crippen LogP contribution in [0.25, 0.3) is 0 Å². The summed E-state index contributed by atoms with van der Waals surface area (Å²) in [6.45, 7) is 0. The minimum Gasteiger partial charge on any atom is -0.324 e. The van der Waals surface area contributed by atoms with Gasteiger partial charge in [0.15, 0.2) is 0 Å². The SMILES string of the molecule is CS(=O)(=O)Nc1cc(NC(=O)C2(N)CC2)ccc1F. The molecule has 0 aromatic heterocycles. The molecule has 1 aliphatic carbocycles. The molecule has 4 N–H and O–H groups in total. The zero-order valence-electron chi connectivity index (χ0n) is 10.2. The first-order chi connectivity index (χ1) is 8.70. The molecular formula is C11H14FN3O3S. The predicted molar refractivity (Wildman–Crippen MR) is 69.6 cm³/mol. The lowest BCUT2D eigenvalue weighted by Crippen LogP contribution is -2.37. The molecule has 0 bridgehead atoms. The van der Waals surface area contributed by atoms with Crippen LogP contribution in [0.3, 0.4) is 0 Å². The van der Waals surface area contributed by atoms with E-state index in [4.69, 9.17) is 5.73 Å². The first-order valence-electron chi connectivity index (χ1n) is 5.57. The van der Waals surface area contributed by atoms with Crippen molar-refractivity contribution >= 4 is 27.3 Å². The van der Waals surface area contributed by atoms with E-state index in [9.17, 15) is 17.6 Å². The summed E-state index contributed by atoms with van der Waals surface area (Å²) >= 11 is 0. The molecule has 1 fully saturated rings. The topological polar surface area (TPSA) is 101 Å². The fourth-order valence-electron chi connectivity index (χ4n) is 1.50. The van der Waals surface area contributed by atoms with Crippen LogP contribution in [0, 0.1) is 5.82 Å². The van der Waals surface area contributed by atoms with Gasteiger partial charge < -0.3 is 11.1 Å². The maximum absolute atomic E-state index is 13.4. The number of amides is 1. The summed E-state index contributed by atoms with van der Waals surface area (Å²) in [4.78, 5) is 11.7. The van der Waals surface area contributed by atoms with Gasteiger partial charge in [0.1, 0.15) is 5.82 Å². The lowest BCUT2D eigenvalue weighted by atomic mass is 10.2. The van der Waals surface area contributed by atoms with E-state index in [1.807, 2.05) is 4.72 Å². The molecule has 1 amide bonds. The molecule has 0 spiro atoms. The van der Waals surface area contributed by atoms with Crippen molar-refractivity contribution in [1.29, 1.82) is 0 Å². The summed E-state index contributed by atoms with van der Waals surface area (Å²) in [6, 6.07) is 3.62. The second kappa shape index (κ2) is 4.46. The standard InChI is InChI=1S/C11H14FN3O3S/c1-19(17,18)15-9-6-7(2-3-8(9)12)14-10(16)11(13)4-5-11/h2-3,6,15H,4-5,13H2,1H3,(H,14,16). The van der Waals surface area contributed by atoms with E-state index in [1.165, 1.54) is 12.1 Å². The lowest BCUT2D eigenvalue weighted by molar-refractivity contribution is -0.118. The van der Waals surface area contributed by atoms with Gasteiger partial charge in [0, 0.05) is 5.69 Å². The normalized spacial score (nSPS) is 16.8. The highest BCUT2D eigenvalue weighted by Crippen LogP contribution is 2.33. The van der Waals surface area contributed by atoms with Gasteiger partial charge in [-0.2, -0.15) is 0 Å². The highest BCUT2D eigenvalue weighted by Gasteiger charge is 2.45. The maximum Gasteiger partial charge on any atom is 0.244 e. The Balaban J connectivity index is 2.19. The second-order valence-corrected chi connectivity index (χ2v) is 6.43. The van der Waals surface area contributed by atoms with Crippen molar-refractivity contribution in [1.82, 2.24) is 0 Å². The highest BCUT2D eigenvalue weighted by atomic mass is 32.2. The highest BCUT2D eigenvalue weighted by molar-refractivity contribution is 7.92. The van der Waals surface area contributed by atoms with Gasteiger partial charge in [-0.05, 0) is 31.0 Å². The summed E-state index contributed by atoms with van der Waals surface area (Å²) in [5, 5.41) is 2.53. The van der Waals surface area contributed by atoms with E-state index in [-0.39, 0.29) is 17.3 Å². The molecule has 2 rings (SSSR count). The van der Waals surface area contributed by atoms with Gasteiger partial charge in [-0.25, -0.2) is 12.8 Å². The average Bonchev–Trinajstić information content (AvgIpc) is 3.01. The molecule has 0 aliphatic heterocycles. The van der Waals surface area contributed by atoms with Gasteiger partial charge >= 0.3 is 0 Å². The van der Waals surface area contributed by atoms with Crippen molar-refractivity contribution in [2.45, 2.75) is 18.4 Å². The Morgan fingerprint density at radius 1 is 1.42 bits per heavy atom. The molecule has 104 valence electrons. The number of halogens is 1. The molecule has 0 radical (unpaired) electrons. The molecule has 0 unspecified atom stereocenters. The smallest absolute Gasteiger partial charge is 0.244 e. The summed E-state index contributed by atoms with van der Waals surface area (Å²) in [6.07, 6.45) is 2.12. The van der Waals surface area contributed by atoms with Gasteiger partial charge in [0.25, 0.3) is 0 Å². The third kappa shape index (κ3) is 3.42. The fourth-order valence-corrected chi connectivity index (χ4v) is 2.05. The van der Waals surface area contributed by atoms with Crippen molar-refractivity contribution in [2.75, 3.05) is 16.3 Å². The molecule has 0 heterocycles. The zero-order valence-corrected chi connectivity index (χ0v) is 11.1. The van der Waals surface area contributed by atoms with E-state index in [0.717, 1.165) is 12.3 Å². The number of nitrogens with two attached hydrogens (primary N) is 1.